The highest BCUT2D eigenvalue weighted by Crippen LogP contribution is 2.31. The van der Waals surface area contributed by atoms with Crippen molar-refractivity contribution >= 4 is 5.97 Å². The monoisotopic (exact) mass is 270 g/mol. The SMILES string of the molecule is COC(=O)c1cc(-c2cccc(C(F)(F)F)c2)n[nH]1. The number of alkyl halides is 3. The van der Waals surface area contributed by atoms with E-state index in [4.69, 9.17) is 0 Å². The molecular formula is C12H9F3N2O2. The number of H-pyrrole nitrogens is 1. The average Bonchev–Trinajstić information content (AvgIpc) is 2.86. The lowest BCUT2D eigenvalue weighted by Gasteiger charge is -2.07. The Bertz CT molecular complexity index is 605. The molecule has 0 radical (unpaired) electrons. The maximum absolute atomic E-state index is 12.6. The van der Waals surface area contributed by atoms with Crippen molar-refractivity contribution in [2.75, 3.05) is 7.11 Å². The molecule has 1 N–H and O–H groups in total. The number of carbonyl (C=O) groups excluding carboxylic acids is 1. The van der Waals surface area contributed by atoms with Gasteiger partial charge in [-0.15, -0.1) is 0 Å². The van der Waals surface area contributed by atoms with Crippen molar-refractivity contribution in [2.24, 2.45) is 0 Å². The van der Waals surface area contributed by atoms with Crippen molar-refractivity contribution in [1.82, 2.24) is 10.2 Å². The fraction of sp³-hybridized carbons (Fsp3) is 0.167. The number of carbonyl (C=O) groups is 1. The fourth-order valence-electron chi connectivity index (χ4n) is 1.54. The van der Waals surface area contributed by atoms with Gasteiger partial charge in [0.1, 0.15) is 5.69 Å². The zero-order valence-corrected chi connectivity index (χ0v) is 9.78. The standard InChI is InChI=1S/C12H9F3N2O2/c1-19-11(18)10-6-9(16-17-10)7-3-2-4-8(5-7)12(13,14)15/h2-6H,1H3,(H,16,17). The van der Waals surface area contributed by atoms with Gasteiger partial charge in [-0.05, 0) is 18.2 Å². The van der Waals surface area contributed by atoms with E-state index in [1.54, 1.807) is 0 Å². The molecule has 4 nitrogen and oxygen atoms in total. The average molecular weight is 270 g/mol. The lowest BCUT2D eigenvalue weighted by molar-refractivity contribution is -0.137. The lowest BCUT2D eigenvalue weighted by Crippen LogP contribution is -2.04. The van der Waals surface area contributed by atoms with Crippen LogP contribution in [0, 0.1) is 0 Å². The Hall–Kier alpha value is -2.31. The molecule has 19 heavy (non-hydrogen) atoms. The van der Waals surface area contributed by atoms with Gasteiger partial charge in [0.25, 0.3) is 0 Å². The summed E-state index contributed by atoms with van der Waals surface area (Å²) in [5.41, 5.74) is -0.185. The first kappa shape index (κ1) is 13.1. The van der Waals surface area contributed by atoms with Gasteiger partial charge in [-0.1, -0.05) is 12.1 Å². The minimum atomic E-state index is -4.42. The zero-order chi connectivity index (χ0) is 14.0. The van der Waals surface area contributed by atoms with E-state index in [1.165, 1.54) is 25.3 Å². The van der Waals surface area contributed by atoms with Crippen LogP contribution >= 0.6 is 0 Å². The zero-order valence-electron chi connectivity index (χ0n) is 9.78. The summed E-state index contributed by atoms with van der Waals surface area (Å²) in [4.78, 5) is 11.2. The molecule has 0 aliphatic heterocycles. The summed E-state index contributed by atoms with van der Waals surface area (Å²) in [5, 5.41) is 6.19. The van der Waals surface area contributed by atoms with Crippen molar-refractivity contribution in [1.29, 1.82) is 0 Å². The Kier molecular flexibility index (Phi) is 3.28. The number of nitrogens with one attached hydrogen (secondary N) is 1. The summed E-state index contributed by atoms with van der Waals surface area (Å²) >= 11 is 0. The largest absolute Gasteiger partial charge is 0.464 e. The van der Waals surface area contributed by atoms with Gasteiger partial charge in [-0.2, -0.15) is 18.3 Å². The Labute approximate surface area is 106 Å². The predicted molar refractivity (Wildman–Crippen MR) is 60.4 cm³/mol. The van der Waals surface area contributed by atoms with Crippen LogP contribution in [0.25, 0.3) is 11.3 Å². The van der Waals surface area contributed by atoms with E-state index >= 15 is 0 Å². The molecule has 1 aromatic carbocycles. The normalized spacial score (nSPS) is 11.4. The van der Waals surface area contributed by atoms with Crippen LogP contribution in [0.4, 0.5) is 13.2 Å². The highest BCUT2D eigenvalue weighted by atomic mass is 19.4. The molecule has 0 saturated carbocycles. The second-order valence-corrected chi connectivity index (χ2v) is 3.74. The maximum atomic E-state index is 12.6. The maximum Gasteiger partial charge on any atom is 0.416 e. The fourth-order valence-corrected chi connectivity index (χ4v) is 1.54. The molecule has 2 aromatic rings. The molecule has 0 amide bonds. The lowest BCUT2D eigenvalue weighted by atomic mass is 10.1. The summed E-state index contributed by atoms with van der Waals surface area (Å²) in [6.45, 7) is 0. The van der Waals surface area contributed by atoms with Crippen LogP contribution < -0.4 is 0 Å². The third-order valence-electron chi connectivity index (χ3n) is 2.47. The summed E-state index contributed by atoms with van der Waals surface area (Å²) in [6.07, 6.45) is -4.42. The van der Waals surface area contributed by atoms with Crippen molar-refractivity contribution in [2.45, 2.75) is 6.18 Å². The topological polar surface area (TPSA) is 55.0 Å². The first-order valence-electron chi connectivity index (χ1n) is 5.23. The third-order valence-corrected chi connectivity index (χ3v) is 2.47. The van der Waals surface area contributed by atoms with Crippen LogP contribution in [0.1, 0.15) is 16.1 Å². The van der Waals surface area contributed by atoms with Gasteiger partial charge < -0.3 is 4.74 Å². The molecule has 0 aliphatic carbocycles. The van der Waals surface area contributed by atoms with Crippen LogP contribution in [0.2, 0.25) is 0 Å². The molecule has 0 atom stereocenters. The Morgan fingerprint density at radius 2 is 2.05 bits per heavy atom. The van der Waals surface area contributed by atoms with E-state index in [0.29, 0.717) is 0 Å². The second kappa shape index (κ2) is 4.75. The van der Waals surface area contributed by atoms with Crippen molar-refractivity contribution in [3.8, 4) is 11.3 Å². The highest BCUT2D eigenvalue weighted by Gasteiger charge is 2.30. The molecule has 0 saturated heterocycles. The number of methoxy groups -OCH3 is 1. The number of nitrogens with zero attached hydrogens (tertiary/aromatic N) is 1. The molecule has 0 unspecified atom stereocenters. The van der Waals surface area contributed by atoms with Crippen LogP contribution in [0.15, 0.2) is 30.3 Å². The Morgan fingerprint density at radius 1 is 1.32 bits per heavy atom. The van der Waals surface area contributed by atoms with Crippen molar-refractivity contribution < 1.29 is 22.7 Å². The number of benzene rings is 1. The molecular weight excluding hydrogens is 261 g/mol. The van der Waals surface area contributed by atoms with Crippen LogP contribution in [0.5, 0.6) is 0 Å². The van der Waals surface area contributed by atoms with E-state index < -0.39 is 17.7 Å². The number of aromatic nitrogens is 2. The Balaban J connectivity index is 2.37. The van der Waals surface area contributed by atoms with E-state index in [-0.39, 0.29) is 17.0 Å². The van der Waals surface area contributed by atoms with Crippen LogP contribution in [-0.4, -0.2) is 23.3 Å². The van der Waals surface area contributed by atoms with Crippen LogP contribution in [0.3, 0.4) is 0 Å². The molecule has 100 valence electrons. The van der Waals surface area contributed by atoms with Gasteiger partial charge in [0.2, 0.25) is 0 Å². The first-order chi connectivity index (χ1) is 8.91. The second-order valence-electron chi connectivity index (χ2n) is 3.74. The van der Waals surface area contributed by atoms with Crippen molar-refractivity contribution in [3.05, 3.63) is 41.6 Å². The molecule has 1 aromatic heterocycles. The van der Waals surface area contributed by atoms with Gasteiger partial charge in [0.05, 0.1) is 18.4 Å². The van der Waals surface area contributed by atoms with E-state index in [0.717, 1.165) is 12.1 Å². The van der Waals surface area contributed by atoms with Gasteiger partial charge in [-0.25, -0.2) is 4.79 Å². The molecule has 1 heterocycles. The molecule has 2 rings (SSSR count). The quantitative estimate of drug-likeness (QED) is 0.854. The van der Waals surface area contributed by atoms with Crippen molar-refractivity contribution in [3.63, 3.8) is 0 Å². The van der Waals surface area contributed by atoms with Gasteiger partial charge in [-0.3, -0.25) is 5.10 Å². The van der Waals surface area contributed by atoms with E-state index in [2.05, 4.69) is 14.9 Å². The summed E-state index contributed by atoms with van der Waals surface area (Å²) in [6, 6.07) is 6.03. The smallest absolute Gasteiger partial charge is 0.416 e. The van der Waals surface area contributed by atoms with Gasteiger partial charge >= 0.3 is 12.1 Å². The number of aromatic amines is 1. The first-order valence-corrected chi connectivity index (χ1v) is 5.23. The van der Waals surface area contributed by atoms with Gasteiger partial charge in [0, 0.05) is 5.56 Å². The summed E-state index contributed by atoms with van der Waals surface area (Å²) in [5.74, 6) is -0.634. The van der Waals surface area contributed by atoms with Gasteiger partial charge in [0.15, 0.2) is 0 Å². The minimum absolute atomic E-state index is 0.0786. The highest BCUT2D eigenvalue weighted by molar-refractivity contribution is 5.88. The number of halogens is 3. The molecule has 0 spiro atoms. The van der Waals surface area contributed by atoms with E-state index in [9.17, 15) is 18.0 Å². The number of ether oxygens (including phenoxy) is 1. The summed E-state index contributed by atoms with van der Waals surface area (Å²) in [7, 11) is 1.20. The number of rotatable bonds is 2. The molecule has 0 aliphatic rings. The number of esters is 1. The number of hydrogen-bond acceptors (Lipinski definition) is 3. The van der Waals surface area contributed by atoms with E-state index in [1.807, 2.05) is 0 Å². The minimum Gasteiger partial charge on any atom is -0.464 e. The molecule has 7 heteroatoms. The Morgan fingerprint density at radius 3 is 2.68 bits per heavy atom. The molecule has 0 fully saturated rings. The van der Waals surface area contributed by atoms with Crippen LogP contribution in [-0.2, 0) is 10.9 Å². The predicted octanol–water partition coefficient (Wildman–Crippen LogP) is 2.88. The summed E-state index contributed by atoms with van der Waals surface area (Å²) < 4.78 is 42.2. The third kappa shape index (κ3) is 2.75. The molecule has 0 bridgehead atoms. The number of hydrogen-bond donors (Lipinski definition) is 1.